The van der Waals surface area contributed by atoms with Gasteiger partial charge >= 0.3 is 0 Å². The minimum atomic E-state index is 0.219. The molecule has 1 N–H and O–H groups in total. The van der Waals surface area contributed by atoms with Crippen molar-refractivity contribution in [2.24, 2.45) is 11.3 Å². The number of rotatable bonds is 1. The van der Waals surface area contributed by atoms with Crippen molar-refractivity contribution >= 4 is 0 Å². The van der Waals surface area contributed by atoms with Crippen LogP contribution in [0.15, 0.2) is 11.1 Å². The molecule has 0 heterocycles. The summed E-state index contributed by atoms with van der Waals surface area (Å²) in [5.74, 6) is 0.773. The Morgan fingerprint density at radius 1 is 1.50 bits per heavy atom. The normalized spacial score (nSPS) is 29.2. The zero-order chi connectivity index (χ0) is 9.35. The molecule has 1 atom stereocenters. The van der Waals surface area contributed by atoms with Crippen LogP contribution in [0.25, 0.3) is 0 Å². The smallest absolute Gasteiger partial charge is 0.0649 e. The number of aliphatic hydroxyl groups is 1. The lowest BCUT2D eigenvalue weighted by molar-refractivity contribution is 0.237. The predicted molar refractivity (Wildman–Crippen MR) is 52.0 cm³/mol. The molecule has 1 heteroatoms. The van der Waals surface area contributed by atoms with Gasteiger partial charge in [0.15, 0.2) is 0 Å². The summed E-state index contributed by atoms with van der Waals surface area (Å²) < 4.78 is 0. The van der Waals surface area contributed by atoms with Crippen molar-refractivity contribution < 1.29 is 5.11 Å². The zero-order valence-electron chi connectivity index (χ0n) is 8.65. The van der Waals surface area contributed by atoms with Gasteiger partial charge < -0.3 is 5.11 Å². The molecule has 0 aromatic carbocycles. The van der Waals surface area contributed by atoms with Crippen LogP contribution in [0.5, 0.6) is 0 Å². The quantitative estimate of drug-likeness (QED) is 0.597. The van der Waals surface area contributed by atoms with E-state index >= 15 is 0 Å². The molecule has 0 bridgehead atoms. The molecule has 1 rings (SSSR count). The summed E-state index contributed by atoms with van der Waals surface area (Å²) in [6.07, 6.45) is 2.37. The molecular weight excluding hydrogens is 148 g/mol. The molecular formula is C11H20O. The van der Waals surface area contributed by atoms with Crippen molar-refractivity contribution in [1.29, 1.82) is 0 Å². The molecule has 0 saturated carbocycles. The van der Waals surface area contributed by atoms with Crippen LogP contribution in [0, 0.1) is 11.3 Å². The third kappa shape index (κ3) is 1.71. The monoisotopic (exact) mass is 168 g/mol. The van der Waals surface area contributed by atoms with E-state index in [1.54, 1.807) is 0 Å². The van der Waals surface area contributed by atoms with Gasteiger partial charge in [0.05, 0.1) is 6.61 Å². The molecule has 1 unspecified atom stereocenters. The lowest BCUT2D eigenvalue weighted by atomic mass is 9.69. The molecule has 1 nitrogen and oxygen atoms in total. The van der Waals surface area contributed by atoms with Crippen LogP contribution in [-0.2, 0) is 0 Å². The number of aliphatic hydroxyl groups excluding tert-OH is 1. The van der Waals surface area contributed by atoms with Gasteiger partial charge in [-0.05, 0) is 36.7 Å². The first-order chi connectivity index (χ1) is 5.47. The Kier molecular flexibility index (Phi) is 2.62. The summed E-state index contributed by atoms with van der Waals surface area (Å²) in [5, 5.41) is 9.23. The topological polar surface area (TPSA) is 20.2 Å². The highest BCUT2D eigenvalue weighted by atomic mass is 16.3. The zero-order valence-corrected chi connectivity index (χ0v) is 8.65. The van der Waals surface area contributed by atoms with E-state index in [1.165, 1.54) is 24.0 Å². The molecule has 0 aromatic heterocycles. The molecule has 1 aliphatic carbocycles. The molecule has 0 radical (unpaired) electrons. The van der Waals surface area contributed by atoms with Crippen molar-refractivity contribution in [1.82, 2.24) is 0 Å². The summed E-state index contributed by atoms with van der Waals surface area (Å²) >= 11 is 0. The Hall–Kier alpha value is -0.300. The van der Waals surface area contributed by atoms with Crippen LogP contribution in [0.1, 0.15) is 40.5 Å². The van der Waals surface area contributed by atoms with E-state index in [-0.39, 0.29) is 12.0 Å². The molecule has 0 spiro atoms. The first-order valence-corrected chi connectivity index (χ1v) is 4.77. The second kappa shape index (κ2) is 3.21. The van der Waals surface area contributed by atoms with Gasteiger partial charge in [0, 0.05) is 0 Å². The van der Waals surface area contributed by atoms with Crippen molar-refractivity contribution in [2.45, 2.75) is 40.5 Å². The second-order valence-corrected chi connectivity index (χ2v) is 4.81. The third-order valence-corrected chi connectivity index (χ3v) is 3.00. The Labute approximate surface area is 75.5 Å². The Balaban J connectivity index is 2.96. The maximum absolute atomic E-state index is 9.23. The minimum Gasteiger partial charge on any atom is -0.392 e. The fraction of sp³-hybridized carbons (Fsp3) is 0.818. The van der Waals surface area contributed by atoms with Crippen LogP contribution in [0.4, 0.5) is 0 Å². The first kappa shape index (κ1) is 9.79. The highest BCUT2D eigenvalue weighted by Gasteiger charge is 2.30. The Morgan fingerprint density at radius 3 is 2.50 bits per heavy atom. The van der Waals surface area contributed by atoms with Crippen LogP contribution < -0.4 is 0 Å². The summed E-state index contributed by atoms with van der Waals surface area (Å²) in [6, 6.07) is 0. The second-order valence-electron chi connectivity index (χ2n) is 4.81. The number of hydrogen-bond donors (Lipinski definition) is 1. The van der Waals surface area contributed by atoms with E-state index in [2.05, 4.69) is 27.7 Å². The fourth-order valence-electron chi connectivity index (χ4n) is 2.64. The van der Waals surface area contributed by atoms with Gasteiger partial charge in [0.25, 0.3) is 0 Å². The lowest BCUT2D eigenvalue weighted by Crippen LogP contribution is -2.26. The van der Waals surface area contributed by atoms with E-state index in [0.29, 0.717) is 0 Å². The molecule has 0 aromatic rings. The van der Waals surface area contributed by atoms with Gasteiger partial charge in [-0.2, -0.15) is 0 Å². The fourth-order valence-corrected chi connectivity index (χ4v) is 2.64. The van der Waals surface area contributed by atoms with Gasteiger partial charge in [-0.25, -0.2) is 0 Å². The van der Waals surface area contributed by atoms with Gasteiger partial charge in [0.2, 0.25) is 0 Å². The standard InChI is InChI=1S/C11H20O/c1-8-5-9(2)10(7-12)11(3,4)6-8/h8,12H,5-7H2,1-4H3. The molecule has 0 amide bonds. The average Bonchev–Trinajstić information content (AvgIpc) is 1.82. The molecule has 0 aliphatic heterocycles. The van der Waals surface area contributed by atoms with Crippen LogP contribution >= 0.6 is 0 Å². The number of hydrogen-bond acceptors (Lipinski definition) is 1. The third-order valence-electron chi connectivity index (χ3n) is 3.00. The predicted octanol–water partition coefficient (Wildman–Crippen LogP) is 2.75. The van der Waals surface area contributed by atoms with E-state index < -0.39 is 0 Å². The molecule has 1 aliphatic rings. The maximum atomic E-state index is 9.23. The SMILES string of the molecule is CC1=C(CO)C(C)(C)CC(C)C1. The summed E-state index contributed by atoms with van der Waals surface area (Å²) in [6.45, 7) is 9.16. The Bertz CT molecular complexity index is 201. The van der Waals surface area contributed by atoms with Crippen molar-refractivity contribution in [3.63, 3.8) is 0 Å². The van der Waals surface area contributed by atoms with Crippen molar-refractivity contribution in [2.75, 3.05) is 6.61 Å². The highest BCUT2D eigenvalue weighted by molar-refractivity contribution is 5.23. The molecule has 0 saturated heterocycles. The van der Waals surface area contributed by atoms with E-state index in [1.807, 2.05) is 0 Å². The van der Waals surface area contributed by atoms with Crippen molar-refractivity contribution in [3.05, 3.63) is 11.1 Å². The summed E-state index contributed by atoms with van der Waals surface area (Å²) in [5.41, 5.74) is 2.89. The largest absolute Gasteiger partial charge is 0.392 e. The summed E-state index contributed by atoms with van der Waals surface area (Å²) in [4.78, 5) is 0. The molecule has 70 valence electrons. The summed E-state index contributed by atoms with van der Waals surface area (Å²) in [7, 11) is 0. The first-order valence-electron chi connectivity index (χ1n) is 4.77. The van der Waals surface area contributed by atoms with Crippen LogP contribution in [0.3, 0.4) is 0 Å². The van der Waals surface area contributed by atoms with Crippen LogP contribution in [0.2, 0.25) is 0 Å². The van der Waals surface area contributed by atoms with E-state index in [9.17, 15) is 5.11 Å². The van der Waals surface area contributed by atoms with Gasteiger partial charge in [-0.3, -0.25) is 0 Å². The van der Waals surface area contributed by atoms with E-state index in [4.69, 9.17) is 0 Å². The van der Waals surface area contributed by atoms with E-state index in [0.717, 1.165) is 5.92 Å². The Morgan fingerprint density at radius 2 is 2.08 bits per heavy atom. The lowest BCUT2D eigenvalue weighted by Gasteiger charge is -2.37. The van der Waals surface area contributed by atoms with Gasteiger partial charge in [-0.1, -0.05) is 26.3 Å². The highest BCUT2D eigenvalue weighted by Crippen LogP contribution is 2.42. The van der Waals surface area contributed by atoms with Gasteiger partial charge in [0.1, 0.15) is 0 Å². The van der Waals surface area contributed by atoms with Gasteiger partial charge in [-0.15, -0.1) is 0 Å². The molecule has 0 fully saturated rings. The molecule has 12 heavy (non-hydrogen) atoms. The minimum absolute atomic E-state index is 0.219. The number of allylic oxidation sites excluding steroid dienone is 1. The average molecular weight is 168 g/mol. The van der Waals surface area contributed by atoms with Crippen LogP contribution in [-0.4, -0.2) is 11.7 Å². The van der Waals surface area contributed by atoms with Crippen molar-refractivity contribution in [3.8, 4) is 0 Å². The maximum Gasteiger partial charge on any atom is 0.0649 e.